The van der Waals surface area contributed by atoms with E-state index in [9.17, 15) is 22.8 Å². The van der Waals surface area contributed by atoms with Gasteiger partial charge in [-0.05, 0) is 43.0 Å². The van der Waals surface area contributed by atoms with E-state index in [1.807, 2.05) is 0 Å². The minimum Gasteiger partial charge on any atom is -0.343 e. The molecule has 1 saturated heterocycles. The van der Waals surface area contributed by atoms with Crippen molar-refractivity contribution in [3.8, 4) is 0 Å². The Bertz CT molecular complexity index is 570. The maximum absolute atomic E-state index is 12.5. The number of hydrogen-bond acceptors (Lipinski definition) is 2. The van der Waals surface area contributed by atoms with Crippen LogP contribution in [0, 0.1) is 5.92 Å². The second-order valence-corrected chi connectivity index (χ2v) is 5.84. The molecule has 0 aliphatic carbocycles. The van der Waals surface area contributed by atoms with Crippen LogP contribution in [0.1, 0.15) is 35.7 Å². The van der Waals surface area contributed by atoms with Crippen molar-refractivity contribution in [2.75, 3.05) is 19.6 Å². The van der Waals surface area contributed by atoms with Crippen LogP contribution < -0.4 is 5.32 Å². The number of nitrogens with zero attached hydrogens (tertiary/aromatic N) is 1. The second-order valence-electron chi connectivity index (χ2n) is 5.84. The first kappa shape index (κ1) is 17.3. The van der Waals surface area contributed by atoms with Crippen LogP contribution in [0.25, 0.3) is 0 Å². The monoisotopic (exact) mass is 328 g/mol. The maximum Gasteiger partial charge on any atom is 0.416 e. The summed E-state index contributed by atoms with van der Waals surface area (Å²) in [6, 6.07) is 3.91. The largest absolute Gasteiger partial charge is 0.416 e. The first-order valence-corrected chi connectivity index (χ1v) is 7.50. The number of rotatable bonds is 3. The normalized spacial score (nSPS) is 18.6. The van der Waals surface area contributed by atoms with E-state index in [4.69, 9.17) is 0 Å². The molecular weight excluding hydrogens is 309 g/mol. The van der Waals surface area contributed by atoms with E-state index in [1.54, 1.807) is 4.90 Å². The average Bonchev–Trinajstić information content (AvgIpc) is 2.51. The molecular formula is C16H19F3N2O2. The van der Waals surface area contributed by atoms with E-state index in [0.717, 1.165) is 37.1 Å². The molecule has 1 aliphatic rings. The average molecular weight is 328 g/mol. The van der Waals surface area contributed by atoms with E-state index >= 15 is 0 Å². The highest BCUT2D eigenvalue weighted by atomic mass is 19.4. The summed E-state index contributed by atoms with van der Waals surface area (Å²) in [4.78, 5) is 25.6. The molecule has 1 unspecified atom stereocenters. The number of hydrogen-bond donors (Lipinski definition) is 1. The van der Waals surface area contributed by atoms with Crippen LogP contribution in [0.15, 0.2) is 24.3 Å². The summed E-state index contributed by atoms with van der Waals surface area (Å²) in [5.41, 5.74) is -0.717. The molecule has 7 heteroatoms. The van der Waals surface area contributed by atoms with Crippen molar-refractivity contribution < 1.29 is 22.8 Å². The highest BCUT2D eigenvalue weighted by Crippen LogP contribution is 2.29. The van der Waals surface area contributed by atoms with Gasteiger partial charge in [-0.2, -0.15) is 13.2 Å². The van der Waals surface area contributed by atoms with Crippen LogP contribution in [0.5, 0.6) is 0 Å². The molecule has 0 bridgehead atoms. The molecule has 1 aromatic rings. The molecule has 23 heavy (non-hydrogen) atoms. The van der Waals surface area contributed by atoms with Crippen LogP contribution in [0.3, 0.4) is 0 Å². The molecule has 1 aliphatic heterocycles. The topological polar surface area (TPSA) is 49.4 Å². The zero-order valence-electron chi connectivity index (χ0n) is 12.8. The van der Waals surface area contributed by atoms with E-state index < -0.39 is 17.6 Å². The van der Waals surface area contributed by atoms with E-state index in [1.165, 1.54) is 0 Å². The number of carbonyl (C=O) groups excluding carboxylic acids is 2. The van der Waals surface area contributed by atoms with E-state index in [0.29, 0.717) is 19.0 Å². The van der Waals surface area contributed by atoms with Crippen molar-refractivity contribution in [1.29, 1.82) is 0 Å². The summed E-state index contributed by atoms with van der Waals surface area (Å²) in [5.74, 6) is -0.285. The highest BCUT2D eigenvalue weighted by molar-refractivity contribution is 5.96. The van der Waals surface area contributed by atoms with Crippen molar-refractivity contribution >= 4 is 11.8 Å². The second kappa shape index (κ2) is 7.02. The predicted octanol–water partition coefficient (Wildman–Crippen LogP) is 2.69. The standard InChI is InChI=1S/C16H19F3N2O2/c1-11-3-2-8-21(10-11)14(22)9-20-15(23)12-4-6-13(7-5-12)16(17,18)19/h4-7,11H,2-3,8-10H2,1H3,(H,20,23). The smallest absolute Gasteiger partial charge is 0.343 e. The third-order valence-electron chi connectivity index (χ3n) is 3.88. The predicted molar refractivity (Wildman–Crippen MR) is 78.8 cm³/mol. The van der Waals surface area contributed by atoms with E-state index in [2.05, 4.69) is 12.2 Å². The van der Waals surface area contributed by atoms with Crippen molar-refractivity contribution in [2.24, 2.45) is 5.92 Å². The van der Waals surface area contributed by atoms with Gasteiger partial charge in [0.1, 0.15) is 0 Å². The van der Waals surface area contributed by atoms with Gasteiger partial charge in [-0.25, -0.2) is 0 Å². The third-order valence-corrected chi connectivity index (χ3v) is 3.88. The lowest BCUT2D eigenvalue weighted by atomic mass is 10.0. The third kappa shape index (κ3) is 4.71. The molecule has 1 fully saturated rings. The van der Waals surface area contributed by atoms with Gasteiger partial charge in [0, 0.05) is 18.7 Å². The molecule has 1 atom stereocenters. The molecule has 126 valence electrons. The molecule has 1 N–H and O–H groups in total. The zero-order valence-corrected chi connectivity index (χ0v) is 12.8. The van der Waals surface area contributed by atoms with Crippen molar-refractivity contribution in [3.63, 3.8) is 0 Å². The van der Waals surface area contributed by atoms with Crippen LogP contribution in [0.2, 0.25) is 0 Å². The molecule has 0 spiro atoms. The van der Waals surface area contributed by atoms with Crippen LogP contribution in [0.4, 0.5) is 13.2 Å². The van der Waals surface area contributed by atoms with Gasteiger partial charge in [-0.3, -0.25) is 9.59 Å². The van der Waals surface area contributed by atoms with Crippen LogP contribution in [-0.4, -0.2) is 36.3 Å². The van der Waals surface area contributed by atoms with Gasteiger partial charge in [0.25, 0.3) is 5.91 Å². The first-order chi connectivity index (χ1) is 10.8. The Labute approximate surface area is 132 Å². The van der Waals surface area contributed by atoms with Gasteiger partial charge in [-0.1, -0.05) is 6.92 Å². The SMILES string of the molecule is CC1CCCN(C(=O)CNC(=O)c2ccc(C(F)(F)F)cc2)C1. The lowest BCUT2D eigenvalue weighted by molar-refractivity contribution is -0.137. The van der Waals surface area contributed by atoms with Crippen molar-refractivity contribution in [1.82, 2.24) is 10.2 Å². The Hall–Kier alpha value is -2.05. The number of amides is 2. The lowest BCUT2D eigenvalue weighted by Gasteiger charge is -2.31. The number of halogens is 3. The summed E-state index contributed by atoms with van der Waals surface area (Å²) in [6.07, 6.45) is -2.41. The van der Waals surface area contributed by atoms with Crippen molar-refractivity contribution in [3.05, 3.63) is 35.4 Å². The Balaban J connectivity index is 1.88. The number of piperidine rings is 1. The van der Waals surface area contributed by atoms with Gasteiger partial charge >= 0.3 is 6.18 Å². The molecule has 0 aromatic heterocycles. The number of nitrogens with one attached hydrogen (secondary N) is 1. The minimum atomic E-state index is -4.43. The fraction of sp³-hybridized carbons (Fsp3) is 0.500. The maximum atomic E-state index is 12.5. The molecule has 4 nitrogen and oxygen atoms in total. The molecule has 1 aromatic carbocycles. The Morgan fingerprint density at radius 3 is 2.48 bits per heavy atom. The molecule has 2 amide bonds. The molecule has 0 radical (unpaired) electrons. The fourth-order valence-electron chi connectivity index (χ4n) is 2.60. The van der Waals surface area contributed by atoms with Gasteiger partial charge in [0.15, 0.2) is 0 Å². The quantitative estimate of drug-likeness (QED) is 0.927. The fourth-order valence-corrected chi connectivity index (χ4v) is 2.60. The Morgan fingerprint density at radius 2 is 1.91 bits per heavy atom. The Morgan fingerprint density at radius 1 is 1.26 bits per heavy atom. The van der Waals surface area contributed by atoms with Crippen LogP contribution >= 0.6 is 0 Å². The number of likely N-dealkylation sites (tertiary alicyclic amines) is 1. The summed E-state index contributed by atoms with van der Waals surface area (Å²) >= 11 is 0. The first-order valence-electron chi connectivity index (χ1n) is 7.50. The molecule has 2 rings (SSSR count). The summed E-state index contributed by atoms with van der Waals surface area (Å²) in [5, 5.41) is 2.46. The van der Waals surface area contributed by atoms with Gasteiger partial charge in [0.05, 0.1) is 12.1 Å². The summed E-state index contributed by atoms with van der Waals surface area (Å²) in [7, 11) is 0. The zero-order chi connectivity index (χ0) is 17.0. The molecule has 1 heterocycles. The summed E-state index contributed by atoms with van der Waals surface area (Å²) < 4.78 is 37.4. The molecule has 0 saturated carbocycles. The van der Waals surface area contributed by atoms with Gasteiger partial charge in [0.2, 0.25) is 5.91 Å². The number of carbonyl (C=O) groups is 2. The van der Waals surface area contributed by atoms with E-state index in [-0.39, 0.29) is 18.0 Å². The van der Waals surface area contributed by atoms with Crippen molar-refractivity contribution in [2.45, 2.75) is 25.9 Å². The minimum absolute atomic E-state index is 0.0952. The lowest BCUT2D eigenvalue weighted by Crippen LogP contribution is -2.44. The number of alkyl halides is 3. The van der Waals surface area contributed by atoms with Gasteiger partial charge in [-0.15, -0.1) is 0 Å². The summed E-state index contributed by atoms with van der Waals surface area (Å²) in [6.45, 7) is 3.28. The van der Waals surface area contributed by atoms with Gasteiger partial charge < -0.3 is 10.2 Å². The Kier molecular flexibility index (Phi) is 5.28. The highest BCUT2D eigenvalue weighted by Gasteiger charge is 2.30. The van der Waals surface area contributed by atoms with Crippen LogP contribution in [-0.2, 0) is 11.0 Å². The number of benzene rings is 1.